The van der Waals surface area contributed by atoms with E-state index in [2.05, 4.69) is 31.2 Å². The summed E-state index contributed by atoms with van der Waals surface area (Å²) in [6, 6.07) is 4.79. The van der Waals surface area contributed by atoms with Crippen LogP contribution in [0.3, 0.4) is 0 Å². The van der Waals surface area contributed by atoms with E-state index in [-0.39, 0.29) is 6.01 Å². The molecule has 1 heterocycles. The first kappa shape index (κ1) is 13.3. The Hall–Kier alpha value is -2.15. The highest BCUT2D eigenvalue weighted by molar-refractivity contribution is 9.10. The number of nitrogens with zero attached hydrogens (tertiary/aromatic N) is 2. The molecule has 0 aliphatic rings. The molecule has 1 aromatic carbocycles. The molecule has 6 nitrogen and oxygen atoms in total. The van der Waals surface area contributed by atoms with Gasteiger partial charge in [-0.3, -0.25) is 0 Å². The number of urea groups is 1. The van der Waals surface area contributed by atoms with E-state index in [0.717, 1.165) is 10.0 Å². The van der Waals surface area contributed by atoms with Crippen molar-refractivity contribution in [2.75, 3.05) is 5.32 Å². The van der Waals surface area contributed by atoms with Gasteiger partial charge >= 0.3 is 12.0 Å². The summed E-state index contributed by atoms with van der Waals surface area (Å²) in [7, 11) is 0. The average molecular weight is 323 g/mol. The van der Waals surface area contributed by atoms with Gasteiger partial charge in [-0.15, -0.1) is 0 Å². The number of nitrogens with two attached hydrogens (primary N) is 1. The van der Waals surface area contributed by atoms with Gasteiger partial charge in [0.25, 0.3) is 0 Å². The number of hydrogen-bond acceptors (Lipinski definition) is 4. The predicted octanol–water partition coefficient (Wildman–Crippen LogP) is 2.83. The molecule has 0 aliphatic carbocycles. The third-order valence-corrected chi connectivity index (χ3v) is 2.65. The Morgan fingerprint density at radius 3 is 2.63 bits per heavy atom. The van der Waals surface area contributed by atoms with Gasteiger partial charge in [0, 0.05) is 18.1 Å². The molecule has 0 fully saturated rings. The molecule has 0 atom stereocenters. The van der Waals surface area contributed by atoms with Crippen molar-refractivity contribution in [1.82, 2.24) is 9.97 Å². The fourth-order valence-electron chi connectivity index (χ4n) is 1.44. The molecule has 0 radical (unpaired) electrons. The summed E-state index contributed by atoms with van der Waals surface area (Å²) in [4.78, 5) is 18.8. The van der Waals surface area contributed by atoms with Crippen LogP contribution >= 0.6 is 15.9 Å². The van der Waals surface area contributed by atoms with Crippen molar-refractivity contribution in [1.29, 1.82) is 0 Å². The third kappa shape index (κ3) is 3.65. The first-order chi connectivity index (χ1) is 9.04. The van der Waals surface area contributed by atoms with Crippen LogP contribution in [0, 0.1) is 6.92 Å². The minimum absolute atomic E-state index is 0.252. The van der Waals surface area contributed by atoms with Gasteiger partial charge in [0.2, 0.25) is 0 Å². The van der Waals surface area contributed by atoms with Gasteiger partial charge in [0.05, 0.1) is 4.47 Å². The number of benzene rings is 1. The van der Waals surface area contributed by atoms with Gasteiger partial charge in [-0.1, -0.05) is 0 Å². The molecule has 19 heavy (non-hydrogen) atoms. The van der Waals surface area contributed by atoms with Crippen molar-refractivity contribution >= 4 is 27.6 Å². The van der Waals surface area contributed by atoms with Gasteiger partial charge in [0.1, 0.15) is 5.75 Å². The maximum Gasteiger partial charge on any atom is 0.321 e. The molecule has 0 bridgehead atoms. The smallest absolute Gasteiger partial charge is 0.321 e. The van der Waals surface area contributed by atoms with Crippen LogP contribution in [0.25, 0.3) is 0 Å². The van der Waals surface area contributed by atoms with Crippen molar-refractivity contribution in [2.45, 2.75) is 6.92 Å². The van der Waals surface area contributed by atoms with Crippen LogP contribution in [0.2, 0.25) is 0 Å². The van der Waals surface area contributed by atoms with Crippen molar-refractivity contribution in [3.05, 3.63) is 40.6 Å². The summed E-state index contributed by atoms with van der Waals surface area (Å²) >= 11 is 3.25. The van der Waals surface area contributed by atoms with Crippen LogP contribution in [-0.2, 0) is 0 Å². The van der Waals surface area contributed by atoms with Crippen molar-refractivity contribution in [2.24, 2.45) is 5.73 Å². The third-order valence-electron chi connectivity index (χ3n) is 2.24. The molecule has 2 aromatic rings. The van der Waals surface area contributed by atoms with Gasteiger partial charge in [-0.05, 0) is 46.6 Å². The Morgan fingerprint density at radius 1 is 1.37 bits per heavy atom. The van der Waals surface area contributed by atoms with E-state index in [1.165, 1.54) is 0 Å². The van der Waals surface area contributed by atoms with Gasteiger partial charge in [0.15, 0.2) is 0 Å². The average Bonchev–Trinajstić information content (AvgIpc) is 2.34. The molecule has 0 saturated carbocycles. The van der Waals surface area contributed by atoms with Crippen molar-refractivity contribution in [3.63, 3.8) is 0 Å². The highest BCUT2D eigenvalue weighted by Gasteiger charge is 2.05. The number of nitrogens with one attached hydrogen (secondary N) is 1. The van der Waals surface area contributed by atoms with E-state index in [1.807, 2.05) is 6.92 Å². The van der Waals surface area contributed by atoms with E-state index in [1.54, 1.807) is 30.6 Å². The number of aryl methyl sites for hydroxylation is 1. The van der Waals surface area contributed by atoms with E-state index < -0.39 is 6.03 Å². The SMILES string of the molecule is Cc1cc(NC(N)=O)ccc1Oc1ncc(Br)cn1. The second-order valence-electron chi connectivity index (χ2n) is 3.76. The molecule has 0 saturated heterocycles. The molecule has 3 N–H and O–H groups in total. The molecule has 2 amide bonds. The molecular weight excluding hydrogens is 312 g/mol. The number of amides is 2. The molecule has 0 unspecified atom stereocenters. The number of carbonyl (C=O) groups excluding carboxylic acids is 1. The fraction of sp³-hybridized carbons (Fsp3) is 0.0833. The lowest BCUT2D eigenvalue weighted by Crippen LogP contribution is -2.19. The monoisotopic (exact) mass is 322 g/mol. The minimum Gasteiger partial charge on any atom is -0.424 e. The lowest BCUT2D eigenvalue weighted by atomic mass is 10.2. The number of carbonyl (C=O) groups is 1. The van der Waals surface area contributed by atoms with Crippen LogP contribution in [-0.4, -0.2) is 16.0 Å². The number of halogens is 1. The zero-order valence-corrected chi connectivity index (χ0v) is 11.6. The molecule has 0 aliphatic heterocycles. The van der Waals surface area contributed by atoms with Crippen LogP contribution in [0.1, 0.15) is 5.56 Å². The first-order valence-corrected chi connectivity index (χ1v) is 6.16. The number of hydrogen-bond donors (Lipinski definition) is 2. The Morgan fingerprint density at radius 2 is 2.05 bits per heavy atom. The van der Waals surface area contributed by atoms with Gasteiger partial charge in [-0.25, -0.2) is 14.8 Å². The standard InChI is InChI=1S/C12H11BrN4O2/c1-7-4-9(17-11(14)18)2-3-10(7)19-12-15-5-8(13)6-16-12/h2-6H,1H3,(H3,14,17,18). The number of rotatable bonds is 3. The quantitative estimate of drug-likeness (QED) is 0.909. The zero-order chi connectivity index (χ0) is 13.8. The maximum atomic E-state index is 10.7. The summed E-state index contributed by atoms with van der Waals surface area (Å²) in [6.07, 6.45) is 3.20. The fourth-order valence-corrected chi connectivity index (χ4v) is 1.64. The summed E-state index contributed by atoms with van der Waals surface area (Å²) in [5.41, 5.74) is 6.48. The number of anilines is 1. The normalized spacial score (nSPS) is 10.0. The summed E-state index contributed by atoms with van der Waals surface area (Å²) in [5, 5.41) is 2.49. The van der Waals surface area contributed by atoms with E-state index in [4.69, 9.17) is 10.5 Å². The van der Waals surface area contributed by atoms with Crippen LogP contribution in [0.5, 0.6) is 11.8 Å². The lowest BCUT2D eigenvalue weighted by Gasteiger charge is -2.09. The zero-order valence-electron chi connectivity index (χ0n) is 10.1. The predicted molar refractivity (Wildman–Crippen MR) is 74.2 cm³/mol. The Bertz CT molecular complexity index is 601. The highest BCUT2D eigenvalue weighted by atomic mass is 79.9. The van der Waals surface area contributed by atoms with E-state index in [9.17, 15) is 4.79 Å². The molecule has 2 rings (SSSR count). The second-order valence-corrected chi connectivity index (χ2v) is 4.67. The van der Waals surface area contributed by atoms with Crippen molar-refractivity contribution in [3.8, 4) is 11.8 Å². The molecule has 0 spiro atoms. The Balaban J connectivity index is 2.17. The van der Waals surface area contributed by atoms with Gasteiger partial charge < -0.3 is 15.8 Å². The van der Waals surface area contributed by atoms with Gasteiger partial charge in [-0.2, -0.15) is 0 Å². The minimum atomic E-state index is -0.607. The molecule has 7 heteroatoms. The van der Waals surface area contributed by atoms with Crippen molar-refractivity contribution < 1.29 is 9.53 Å². The number of aromatic nitrogens is 2. The Kier molecular flexibility index (Phi) is 3.96. The number of ether oxygens (including phenoxy) is 1. The largest absolute Gasteiger partial charge is 0.424 e. The molecule has 1 aromatic heterocycles. The molecular formula is C12H11BrN4O2. The summed E-state index contributed by atoms with van der Waals surface area (Å²) in [5.74, 6) is 0.609. The molecule has 98 valence electrons. The highest BCUT2D eigenvalue weighted by Crippen LogP contribution is 2.25. The lowest BCUT2D eigenvalue weighted by molar-refractivity contribution is 0.259. The summed E-state index contributed by atoms with van der Waals surface area (Å²) in [6.45, 7) is 1.85. The van der Waals surface area contributed by atoms with Crippen LogP contribution in [0.4, 0.5) is 10.5 Å². The summed E-state index contributed by atoms with van der Waals surface area (Å²) < 4.78 is 6.31. The van der Waals surface area contributed by atoms with Crippen LogP contribution < -0.4 is 15.8 Å². The number of primary amides is 1. The van der Waals surface area contributed by atoms with E-state index in [0.29, 0.717) is 11.4 Å². The van der Waals surface area contributed by atoms with E-state index >= 15 is 0 Å². The van der Waals surface area contributed by atoms with Crippen LogP contribution in [0.15, 0.2) is 35.1 Å². The Labute approximate surface area is 118 Å². The first-order valence-electron chi connectivity index (χ1n) is 5.37. The second kappa shape index (κ2) is 5.66. The maximum absolute atomic E-state index is 10.7. The topological polar surface area (TPSA) is 90.1 Å².